The lowest BCUT2D eigenvalue weighted by atomic mass is 10.1. The molecule has 0 bridgehead atoms. The molecule has 0 N–H and O–H groups in total. The van der Waals surface area contributed by atoms with Crippen LogP contribution in [0, 0.1) is 0 Å². The fourth-order valence-corrected chi connectivity index (χ4v) is 3.53. The molecule has 0 saturated heterocycles. The highest BCUT2D eigenvalue weighted by Crippen LogP contribution is 2.25. The summed E-state index contributed by atoms with van der Waals surface area (Å²) in [6, 6.07) is 11.4. The van der Waals surface area contributed by atoms with Crippen molar-refractivity contribution in [1.82, 2.24) is 9.88 Å². The van der Waals surface area contributed by atoms with Crippen LogP contribution in [0.5, 0.6) is 5.75 Å². The fraction of sp³-hybridized carbons (Fsp3) is 0.176. The van der Waals surface area contributed by atoms with Gasteiger partial charge in [-0.3, -0.25) is 4.79 Å². The van der Waals surface area contributed by atoms with E-state index in [1.807, 2.05) is 36.4 Å². The van der Waals surface area contributed by atoms with Gasteiger partial charge in [-0.1, -0.05) is 15.9 Å². The molecule has 0 unspecified atom stereocenters. The Kier molecular flexibility index (Phi) is 4.63. The van der Waals surface area contributed by atoms with Gasteiger partial charge in [-0.2, -0.15) is 0 Å². The van der Waals surface area contributed by atoms with Crippen molar-refractivity contribution in [3.8, 4) is 5.75 Å². The van der Waals surface area contributed by atoms with E-state index >= 15 is 0 Å². The highest BCUT2D eigenvalue weighted by Gasteiger charge is 2.15. The van der Waals surface area contributed by atoms with Crippen LogP contribution < -0.4 is 4.74 Å². The summed E-state index contributed by atoms with van der Waals surface area (Å²) in [5, 5.41) is 0. The van der Waals surface area contributed by atoms with Crippen molar-refractivity contribution in [3.05, 3.63) is 57.5 Å². The molecule has 0 saturated carbocycles. The van der Waals surface area contributed by atoms with Crippen LogP contribution in [0.1, 0.15) is 15.9 Å². The second-order valence-corrected chi connectivity index (χ2v) is 6.95. The predicted molar refractivity (Wildman–Crippen MR) is 96.1 cm³/mol. The van der Waals surface area contributed by atoms with Crippen LogP contribution in [0.4, 0.5) is 0 Å². The minimum absolute atomic E-state index is 0.0256. The molecule has 0 fully saturated rings. The number of nitrogens with zero attached hydrogens (tertiary/aromatic N) is 2. The number of hydrogen-bond donors (Lipinski definition) is 0. The highest BCUT2D eigenvalue weighted by atomic mass is 79.9. The van der Waals surface area contributed by atoms with E-state index in [-0.39, 0.29) is 5.91 Å². The Morgan fingerprint density at radius 1 is 1.30 bits per heavy atom. The van der Waals surface area contributed by atoms with Crippen LogP contribution >= 0.6 is 27.3 Å². The summed E-state index contributed by atoms with van der Waals surface area (Å²) in [5.74, 6) is 0.744. The van der Waals surface area contributed by atoms with E-state index in [4.69, 9.17) is 4.74 Å². The third-order valence-corrected chi connectivity index (χ3v) is 4.86. The molecule has 23 heavy (non-hydrogen) atoms. The predicted octanol–water partition coefficient (Wildman–Crippen LogP) is 4.34. The molecule has 0 aliphatic rings. The number of carbonyl (C=O) groups is 1. The van der Waals surface area contributed by atoms with Crippen LogP contribution in [-0.2, 0) is 6.54 Å². The zero-order valence-corrected chi connectivity index (χ0v) is 15.1. The van der Waals surface area contributed by atoms with Gasteiger partial charge in [-0.05, 0) is 36.4 Å². The summed E-state index contributed by atoms with van der Waals surface area (Å²) in [6.45, 7) is 0.474. The van der Waals surface area contributed by atoms with Crippen LogP contribution in [0.2, 0.25) is 0 Å². The molecule has 3 aromatic rings. The van der Waals surface area contributed by atoms with E-state index in [0.717, 1.165) is 26.0 Å². The summed E-state index contributed by atoms with van der Waals surface area (Å²) in [5.41, 5.74) is 4.33. The van der Waals surface area contributed by atoms with Crippen LogP contribution in [0.15, 0.2) is 46.4 Å². The maximum Gasteiger partial charge on any atom is 0.253 e. The second-order valence-electron chi connectivity index (χ2n) is 5.15. The fourth-order valence-electron chi connectivity index (χ4n) is 2.41. The largest absolute Gasteiger partial charge is 0.496 e. The topological polar surface area (TPSA) is 42.4 Å². The van der Waals surface area contributed by atoms with E-state index in [1.54, 1.807) is 24.6 Å². The van der Waals surface area contributed by atoms with Gasteiger partial charge in [0.15, 0.2) is 0 Å². The first kappa shape index (κ1) is 16.0. The van der Waals surface area contributed by atoms with E-state index in [2.05, 4.69) is 20.9 Å². The Balaban J connectivity index is 1.83. The number of thiazole rings is 1. The summed E-state index contributed by atoms with van der Waals surface area (Å²) in [7, 11) is 3.42. The molecular formula is C17H15BrN2O2S. The van der Waals surface area contributed by atoms with Gasteiger partial charge in [0.25, 0.3) is 5.91 Å². The lowest BCUT2D eigenvalue weighted by molar-refractivity contribution is 0.0784. The highest BCUT2D eigenvalue weighted by molar-refractivity contribution is 9.10. The first-order chi connectivity index (χ1) is 11.1. The summed E-state index contributed by atoms with van der Waals surface area (Å²) < 4.78 is 7.34. The van der Waals surface area contributed by atoms with E-state index < -0.39 is 0 Å². The first-order valence-corrected chi connectivity index (χ1v) is 8.67. The quantitative estimate of drug-likeness (QED) is 0.665. The van der Waals surface area contributed by atoms with Crippen molar-refractivity contribution in [2.24, 2.45) is 0 Å². The van der Waals surface area contributed by atoms with Crippen LogP contribution in [-0.4, -0.2) is 29.9 Å². The average Bonchev–Trinajstić information content (AvgIpc) is 3.01. The van der Waals surface area contributed by atoms with Crippen molar-refractivity contribution < 1.29 is 9.53 Å². The molecule has 1 heterocycles. The van der Waals surface area contributed by atoms with E-state index in [9.17, 15) is 4.79 Å². The van der Waals surface area contributed by atoms with Gasteiger partial charge >= 0.3 is 0 Å². The van der Waals surface area contributed by atoms with Gasteiger partial charge in [0.1, 0.15) is 5.75 Å². The maximum absolute atomic E-state index is 12.7. The van der Waals surface area contributed by atoms with Crippen molar-refractivity contribution in [3.63, 3.8) is 0 Å². The number of benzene rings is 2. The molecule has 0 aliphatic heterocycles. The molecule has 0 aliphatic carbocycles. The minimum Gasteiger partial charge on any atom is -0.496 e. The number of halogens is 1. The monoisotopic (exact) mass is 390 g/mol. The Hall–Kier alpha value is -1.92. The summed E-state index contributed by atoms with van der Waals surface area (Å²) in [4.78, 5) is 18.6. The van der Waals surface area contributed by atoms with Gasteiger partial charge in [0.05, 0.1) is 22.8 Å². The summed E-state index contributed by atoms with van der Waals surface area (Å²) in [6.07, 6.45) is 0. The van der Waals surface area contributed by atoms with Crippen molar-refractivity contribution >= 4 is 43.4 Å². The molecule has 0 atom stereocenters. The maximum atomic E-state index is 12.7. The number of methoxy groups -OCH3 is 1. The molecule has 1 aromatic heterocycles. The number of amides is 1. The molecule has 3 rings (SSSR count). The van der Waals surface area contributed by atoms with Gasteiger partial charge in [-0.15, -0.1) is 11.3 Å². The number of hydrogen-bond acceptors (Lipinski definition) is 4. The van der Waals surface area contributed by atoms with Crippen molar-refractivity contribution in [2.75, 3.05) is 14.2 Å². The van der Waals surface area contributed by atoms with E-state index in [1.165, 1.54) is 11.3 Å². The minimum atomic E-state index is -0.0256. The Bertz CT molecular complexity index is 863. The summed E-state index contributed by atoms with van der Waals surface area (Å²) >= 11 is 4.99. The van der Waals surface area contributed by atoms with Crippen molar-refractivity contribution in [2.45, 2.75) is 6.54 Å². The molecule has 0 spiro atoms. The lowest BCUT2D eigenvalue weighted by Gasteiger charge is -2.19. The smallest absolute Gasteiger partial charge is 0.253 e. The zero-order valence-electron chi connectivity index (χ0n) is 12.7. The third kappa shape index (κ3) is 3.38. The number of carbonyl (C=O) groups excluding carboxylic acids is 1. The molecular weight excluding hydrogens is 376 g/mol. The van der Waals surface area contributed by atoms with Gasteiger partial charge in [-0.25, -0.2) is 4.98 Å². The van der Waals surface area contributed by atoms with Gasteiger partial charge < -0.3 is 9.64 Å². The average molecular weight is 391 g/mol. The zero-order chi connectivity index (χ0) is 16.4. The molecule has 6 heteroatoms. The van der Waals surface area contributed by atoms with E-state index in [0.29, 0.717) is 12.1 Å². The van der Waals surface area contributed by atoms with Gasteiger partial charge in [0.2, 0.25) is 0 Å². The Morgan fingerprint density at radius 3 is 2.91 bits per heavy atom. The molecule has 118 valence electrons. The molecule has 1 amide bonds. The Morgan fingerprint density at radius 2 is 2.13 bits per heavy atom. The number of ether oxygens (including phenoxy) is 1. The van der Waals surface area contributed by atoms with Crippen LogP contribution in [0.3, 0.4) is 0 Å². The standard InChI is InChI=1S/C17H15BrN2O2S/c1-20(9-12-7-13(18)4-6-15(12)22-2)17(21)11-3-5-14-16(8-11)23-10-19-14/h3-8,10H,9H2,1-2H3. The lowest BCUT2D eigenvalue weighted by Crippen LogP contribution is -2.26. The third-order valence-electron chi connectivity index (χ3n) is 3.57. The number of fused-ring (bicyclic) bond motifs is 1. The van der Waals surface area contributed by atoms with Crippen LogP contribution in [0.25, 0.3) is 10.2 Å². The number of aromatic nitrogens is 1. The molecule has 0 radical (unpaired) electrons. The second kappa shape index (κ2) is 6.68. The van der Waals surface area contributed by atoms with Gasteiger partial charge in [0, 0.05) is 29.2 Å². The Labute approximate surface area is 146 Å². The first-order valence-electron chi connectivity index (χ1n) is 6.99. The molecule has 2 aromatic carbocycles. The SMILES string of the molecule is COc1ccc(Br)cc1CN(C)C(=O)c1ccc2ncsc2c1. The molecule has 4 nitrogen and oxygen atoms in total. The normalized spacial score (nSPS) is 10.7. The number of rotatable bonds is 4. The van der Waals surface area contributed by atoms with Crippen molar-refractivity contribution in [1.29, 1.82) is 0 Å².